The Morgan fingerprint density at radius 2 is 1.62 bits per heavy atom. The summed E-state index contributed by atoms with van der Waals surface area (Å²) in [6, 6.07) is 6.34. The molecule has 1 saturated heterocycles. The zero-order valence-electron chi connectivity index (χ0n) is 17.1. The molecule has 3 N–H and O–H groups in total. The molecule has 0 aliphatic carbocycles. The smallest absolute Gasteiger partial charge is 0.407 e. The number of aliphatic hydroxyl groups is 1. The fraction of sp³-hybridized carbons (Fsp3) is 0.550. The zero-order chi connectivity index (χ0) is 21.4. The Morgan fingerprint density at radius 3 is 2.21 bits per heavy atom. The van der Waals surface area contributed by atoms with E-state index in [4.69, 9.17) is 9.47 Å². The molecule has 0 bridgehead atoms. The summed E-state index contributed by atoms with van der Waals surface area (Å²) < 4.78 is 10.3. The normalized spacial score (nSPS) is 15.4. The average Bonchev–Trinajstić information content (AvgIpc) is 2.69. The van der Waals surface area contributed by atoms with E-state index in [0.29, 0.717) is 37.4 Å². The van der Waals surface area contributed by atoms with Crippen molar-refractivity contribution in [2.24, 2.45) is 0 Å². The van der Waals surface area contributed by atoms with Crippen LogP contribution in [0.3, 0.4) is 0 Å². The van der Waals surface area contributed by atoms with Gasteiger partial charge in [-0.1, -0.05) is 0 Å². The number of ether oxygens (including phenoxy) is 2. The van der Waals surface area contributed by atoms with Crippen LogP contribution >= 0.6 is 0 Å². The van der Waals surface area contributed by atoms with Crippen LogP contribution in [0.2, 0.25) is 0 Å². The van der Waals surface area contributed by atoms with E-state index in [0.717, 1.165) is 0 Å². The molecule has 1 fully saturated rings. The van der Waals surface area contributed by atoms with E-state index in [-0.39, 0.29) is 24.9 Å². The molecule has 1 aromatic rings. The third-order valence-corrected chi connectivity index (χ3v) is 4.07. The van der Waals surface area contributed by atoms with Gasteiger partial charge in [0.15, 0.2) is 0 Å². The van der Waals surface area contributed by atoms with E-state index in [1.165, 1.54) is 0 Å². The molecule has 0 aromatic heterocycles. The van der Waals surface area contributed by atoms with Crippen LogP contribution in [-0.2, 0) is 9.47 Å². The summed E-state index contributed by atoms with van der Waals surface area (Å²) in [5.74, 6) is -0.476. The lowest BCUT2D eigenvalue weighted by Gasteiger charge is -2.26. The summed E-state index contributed by atoms with van der Waals surface area (Å²) >= 11 is 0. The summed E-state index contributed by atoms with van der Waals surface area (Å²) in [7, 11) is 0. The van der Waals surface area contributed by atoms with Crippen molar-refractivity contribution < 1.29 is 29.0 Å². The average molecular weight is 407 g/mol. The molecule has 9 heteroatoms. The molecule has 1 aliphatic heterocycles. The molecule has 1 unspecified atom stereocenters. The molecule has 29 heavy (non-hydrogen) atoms. The highest BCUT2D eigenvalue weighted by Crippen LogP contribution is 2.10. The van der Waals surface area contributed by atoms with Crippen LogP contribution in [0.15, 0.2) is 24.3 Å². The van der Waals surface area contributed by atoms with Crippen LogP contribution in [0.4, 0.5) is 4.79 Å². The predicted molar refractivity (Wildman–Crippen MR) is 106 cm³/mol. The number of hydrogen-bond acceptors (Lipinski definition) is 6. The Kier molecular flexibility index (Phi) is 7.98. The van der Waals surface area contributed by atoms with Gasteiger partial charge in [0.25, 0.3) is 11.8 Å². The molecule has 3 amide bonds. The van der Waals surface area contributed by atoms with Crippen molar-refractivity contribution in [3.63, 3.8) is 0 Å². The zero-order valence-corrected chi connectivity index (χ0v) is 17.1. The van der Waals surface area contributed by atoms with Crippen LogP contribution in [-0.4, -0.2) is 79.0 Å². The van der Waals surface area contributed by atoms with Gasteiger partial charge in [-0.25, -0.2) is 4.79 Å². The summed E-state index contributed by atoms with van der Waals surface area (Å²) in [6.45, 7) is 7.28. The van der Waals surface area contributed by atoms with E-state index < -0.39 is 17.8 Å². The van der Waals surface area contributed by atoms with Crippen molar-refractivity contribution in [3.05, 3.63) is 35.4 Å². The van der Waals surface area contributed by atoms with Crippen molar-refractivity contribution in [1.82, 2.24) is 15.5 Å². The molecule has 1 aliphatic rings. The first-order valence-electron chi connectivity index (χ1n) is 9.56. The first-order chi connectivity index (χ1) is 13.7. The minimum absolute atomic E-state index is 0.0386. The van der Waals surface area contributed by atoms with Gasteiger partial charge in [0.2, 0.25) is 0 Å². The van der Waals surface area contributed by atoms with Crippen LogP contribution < -0.4 is 10.6 Å². The lowest BCUT2D eigenvalue weighted by Crippen LogP contribution is -2.41. The van der Waals surface area contributed by atoms with Crippen LogP contribution in [0.5, 0.6) is 0 Å². The van der Waals surface area contributed by atoms with Crippen LogP contribution in [0.25, 0.3) is 0 Å². The lowest BCUT2D eigenvalue weighted by molar-refractivity contribution is 0.0302. The van der Waals surface area contributed by atoms with Gasteiger partial charge in [0, 0.05) is 37.3 Å². The fourth-order valence-electron chi connectivity index (χ4n) is 2.61. The number of nitrogens with one attached hydrogen (secondary N) is 2. The molecular formula is C20H29N3O6. The molecular weight excluding hydrogens is 378 g/mol. The molecule has 0 radical (unpaired) electrons. The Labute approximate surface area is 170 Å². The third-order valence-electron chi connectivity index (χ3n) is 4.07. The highest BCUT2D eigenvalue weighted by atomic mass is 16.6. The summed E-state index contributed by atoms with van der Waals surface area (Å²) in [5.41, 5.74) is 0.249. The second-order valence-electron chi connectivity index (χ2n) is 7.73. The number of benzene rings is 1. The topological polar surface area (TPSA) is 117 Å². The van der Waals surface area contributed by atoms with Crippen molar-refractivity contribution in [1.29, 1.82) is 0 Å². The van der Waals surface area contributed by atoms with E-state index in [9.17, 15) is 19.5 Å². The number of nitrogens with zero attached hydrogens (tertiary/aromatic N) is 1. The molecule has 9 nitrogen and oxygen atoms in total. The van der Waals surface area contributed by atoms with Crippen LogP contribution in [0.1, 0.15) is 41.5 Å². The minimum atomic E-state index is -0.964. The largest absolute Gasteiger partial charge is 0.444 e. The number of amides is 3. The van der Waals surface area contributed by atoms with E-state index >= 15 is 0 Å². The molecule has 1 atom stereocenters. The van der Waals surface area contributed by atoms with E-state index in [1.54, 1.807) is 49.9 Å². The van der Waals surface area contributed by atoms with E-state index in [2.05, 4.69) is 10.6 Å². The first kappa shape index (κ1) is 22.6. The number of rotatable bonds is 6. The van der Waals surface area contributed by atoms with Crippen molar-refractivity contribution >= 4 is 17.9 Å². The Bertz CT molecular complexity index is 708. The number of carbonyl (C=O) groups is 3. The Hall–Kier alpha value is -2.65. The monoisotopic (exact) mass is 407 g/mol. The second-order valence-corrected chi connectivity index (χ2v) is 7.73. The maximum Gasteiger partial charge on any atom is 0.407 e. The minimum Gasteiger partial charge on any atom is -0.444 e. The molecule has 1 aromatic carbocycles. The van der Waals surface area contributed by atoms with Gasteiger partial charge in [-0.15, -0.1) is 0 Å². The number of morpholine rings is 1. The van der Waals surface area contributed by atoms with Crippen molar-refractivity contribution in [2.45, 2.75) is 32.5 Å². The number of carbonyl (C=O) groups excluding carboxylic acids is 3. The number of hydrogen-bond donors (Lipinski definition) is 3. The maximum atomic E-state index is 12.4. The maximum absolute atomic E-state index is 12.4. The SMILES string of the molecule is CC(C)(C)OC(=O)NCC(O)CNC(=O)c1ccc(C(=O)N2CCOCC2)cc1. The highest BCUT2D eigenvalue weighted by Gasteiger charge is 2.19. The molecule has 0 saturated carbocycles. The summed E-state index contributed by atoms with van der Waals surface area (Å²) in [5, 5.41) is 14.9. The number of aliphatic hydroxyl groups excluding tert-OH is 1. The second kappa shape index (κ2) is 10.2. The Morgan fingerprint density at radius 1 is 1.07 bits per heavy atom. The van der Waals surface area contributed by atoms with Crippen LogP contribution in [0, 0.1) is 0 Å². The standard InChI is InChI=1S/C20H29N3O6/c1-20(2,3)29-19(27)22-13-16(24)12-21-17(25)14-4-6-15(7-5-14)18(26)23-8-10-28-11-9-23/h4-7,16,24H,8-13H2,1-3H3,(H,21,25)(H,22,27). The van der Waals surface area contributed by atoms with Crippen molar-refractivity contribution in [2.75, 3.05) is 39.4 Å². The van der Waals surface area contributed by atoms with Gasteiger partial charge < -0.3 is 30.1 Å². The molecule has 160 valence electrons. The van der Waals surface area contributed by atoms with Crippen molar-refractivity contribution in [3.8, 4) is 0 Å². The lowest BCUT2D eigenvalue weighted by atomic mass is 10.1. The first-order valence-corrected chi connectivity index (χ1v) is 9.56. The van der Waals surface area contributed by atoms with Gasteiger partial charge in [-0.05, 0) is 45.0 Å². The molecule has 1 heterocycles. The van der Waals surface area contributed by atoms with Gasteiger partial charge in [0.05, 0.1) is 19.3 Å². The van der Waals surface area contributed by atoms with Gasteiger partial charge >= 0.3 is 6.09 Å². The quantitative estimate of drug-likeness (QED) is 0.641. The third kappa shape index (κ3) is 7.71. The molecule has 0 spiro atoms. The number of alkyl carbamates (subject to hydrolysis) is 1. The van der Waals surface area contributed by atoms with Gasteiger partial charge in [-0.2, -0.15) is 0 Å². The fourth-order valence-corrected chi connectivity index (χ4v) is 2.61. The summed E-state index contributed by atoms with van der Waals surface area (Å²) in [4.78, 5) is 37.9. The summed E-state index contributed by atoms with van der Waals surface area (Å²) in [6.07, 6.45) is -1.60. The Balaban J connectivity index is 1.77. The van der Waals surface area contributed by atoms with Gasteiger partial charge in [0.1, 0.15) is 5.60 Å². The predicted octanol–water partition coefficient (Wildman–Crippen LogP) is 0.774. The molecule has 2 rings (SSSR count). The van der Waals surface area contributed by atoms with Gasteiger partial charge in [-0.3, -0.25) is 9.59 Å². The van der Waals surface area contributed by atoms with E-state index in [1.807, 2.05) is 0 Å². The highest BCUT2D eigenvalue weighted by molar-refractivity contribution is 5.97.